The first kappa shape index (κ1) is 25.1. The number of halogens is 3. The molecule has 0 amide bonds. The number of nitrogens with zero attached hydrogens (tertiary/aromatic N) is 6. The lowest BCUT2D eigenvalue weighted by Gasteiger charge is -2.20. The van der Waals surface area contributed by atoms with Crippen molar-refractivity contribution in [1.29, 1.82) is 0 Å². The first-order valence-corrected chi connectivity index (χ1v) is 14.6. The van der Waals surface area contributed by atoms with E-state index in [0.29, 0.717) is 52.7 Å². The maximum Gasteiger partial charge on any atom is 0.254 e. The first-order chi connectivity index (χ1) is 19.9. The molecule has 11 heteroatoms. The van der Waals surface area contributed by atoms with Crippen LogP contribution in [-0.4, -0.2) is 36.0 Å². The van der Waals surface area contributed by atoms with E-state index in [0.717, 1.165) is 40.2 Å². The molecule has 8 rings (SSSR count). The van der Waals surface area contributed by atoms with E-state index < -0.39 is 0 Å². The molecule has 8 nitrogen and oxygen atoms in total. The Morgan fingerprint density at radius 2 is 1.83 bits per heavy atom. The zero-order chi connectivity index (χ0) is 28.0. The molecule has 0 radical (unpaired) electrons. The van der Waals surface area contributed by atoms with Gasteiger partial charge in [-0.15, -0.1) is 5.10 Å². The van der Waals surface area contributed by atoms with Crippen molar-refractivity contribution in [3.8, 4) is 16.9 Å². The van der Waals surface area contributed by atoms with Crippen molar-refractivity contribution in [2.75, 3.05) is 0 Å². The summed E-state index contributed by atoms with van der Waals surface area (Å²) in [5.74, 6) is 1.52. The molecule has 0 N–H and O–H groups in total. The van der Waals surface area contributed by atoms with Gasteiger partial charge in [-0.2, -0.15) is 0 Å². The van der Waals surface area contributed by atoms with Crippen molar-refractivity contribution in [3.63, 3.8) is 0 Å². The Hall–Kier alpha value is -3.59. The highest BCUT2D eigenvalue weighted by molar-refractivity contribution is 6.33. The van der Waals surface area contributed by atoms with Crippen molar-refractivity contribution in [2.24, 2.45) is 10.9 Å². The summed E-state index contributed by atoms with van der Waals surface area (Å²) in [6.07, 6.45) is 6.69. The fourth-order valence-electron chi connectivity index (χ4n) is 6.61. The van der Waals surface area contributed by atoms with Gasteiger partial charge in [-0.25, -0.2) is 9.67 Å². The van der Waals surface area contributed by atoms with Gasteiger partial charge in [0.25, 0.3) is 5.56 Å². The molecule has 204 valence electrons. The van der Waals surface area contributed by atoms with Gasteiger partial charge in [-0.3, -0.25) is 19.1 Å². The molecule has 4 aliphatic rings. The summed E-state index contributed by atoms with van der Waals surface area (Å²) in [5.41, 5.74) is 6.76. The van der Waals surface area contributed by atoms with Crippen LogP contribution in [0, 0.1) is 5.92 Å². The van der Waals surface area contributed by atoms with Crippen LogP contribution in [0.1, 0.15) is 53.7 Å². The van der Waals surface area contributed by atoms with Crippen LogP contribution in [0.2, 0.25) is 15.2 Å². The highest BCUT2D eigenvalue weighted by Crippen LogP contribution is 2.59. The Morgan fingerprint density at radius 1 is 0.951 bits per heavy atom. The lowest BCUT2D eigenvalue weighted by atomic mass is 9.87. The van der Waals surface area contributed by atoms with Gasteiger partial charge in [0.05, 0.1) is 28.6 Å². The molecular weight excluding hydrogens is 583 g/mol. The van der Waals surface area contributed by atoms with Gasteiger partial charge in [-0.05, 0) is 59.2 Å². The highest BCUT2D eigenvalue weighted by Gasteiger charge is 2.55. The first-order valence-electron chi connectivity index (χ1n) is 13.5. The number of aliphatic imine (C=N–C) groups is 1. The van der Waals surface area contributed by atoms with Crippen LogP contribution in [0.5, 0.6) is 0 Å². The molecule has 1 fully saturated rings. The lowest BCUT2D eigenvalue weighted by molar-refractivity contribution is -0.118. The molecule has 2 aliphatic carbocycles. The lowest BCUT2D eigenvalue weighted by Crippen LogP contribution is -2.30. The third-order valence-corrected chi connectivity index (χ3v) is 9.45. The SMILES string of the molecule is O=C1CCc2c(ccc(C3=CN=C([C@@H]4[C@H]5C[C@H]5c5nc(-c6cc(Cl)ccc6-n6cc(Cl)nn6)cc(=O)n54)C3)c2Cl)C1. The van der Waals surface area contributed by atoms with Crippen molar-refractivity contribution in [3.05, 3.63) is 96.9 Å². The van der Waals surface area contributed by atoms with Crippen molar-refractivity contribution in [1.82, 2.24) is 24.5 Å². The second kappa shape index (κ2) is 9.21. The summed E-state index contributed by atoms with van der Waals surface area (Å²) in [6.45, 7) is 0. The predicted octanol–water partition coefficient (Wildman–Crippen LogP) is 6.05. The molecule has 1 saturated carbocycles. The number of rotatable bonds is 4. The predicted molar refractivity (Wildman–Crippen MR) is 157 cm³/mol. The van der Waals surface area contributed by atoms with Crippen molar-refractivity contribution >= 4 is 51.9 Å². The average Bonchev–Trinajstić information content (AvgIpc) is 3.24. The van der Waals surface area contributed by atoms with Gasteiger partial charge < -0.3 is 0 Å². The zero-order valence-electron chi connectivity index (χ0n) is 21.5. The van der Waals surface area contributed by atoms with Gasteiger partial charge in [-0.1, -0.05) is 52.1 Å². The topological polar surface area (TPSA) is 95.0 Å². The molecular formula is C30H21Cl3N6O2. The molecule has 0 unspecified atom stereocenters. The van der Waals surface area contributed by atoms with Crippen molar-refractivity contribution < 1.29 is 4.79 Å². The number of hydrogen-bond donors (Lipinski definition) is 0. The number of Topliss-reactive ketones (excluding diaryl/α,β-unsaturated/α-hetero) is 1. The Labute approximate surface area is 249 Å². The quantitative estimate of drug-likeness (QED) is 0.283. The van der Waals surface area contributed by atoms with Crippen LogP contribution in [0.3, 0.4) is 0 Å². The Morgan fingerprint density at radius 3 is 2.66 bits per heavy atom. The molecule has 2 aromatic carbocycles. The molecule has 4 aromatic rings. The third-order valence-electron chi connectivity index (χ3n) is 8.61. The molecule has 0 saturated heterocycles. The van der Waals surface area contributed by atoms with E-state index in [1.807, 2.05) is 29.0 Å². The normalized spacial score (nSPS) is 22.2. The van der Waals surface area contributed by atoms with E-state index in [9.17, 15) is 9.59 Å². The minimum absolute atomic E-state index is 0.127. The molecule has 3 atom stereocenters. The fourth-order valence-corrected chi connectivity index (χ4v) is 7.31. The monoisotopic (exact) mass is 602 g/mol. The second-order valence-electron chi connectivity index (χ2n) is 11.0. The number of carbonyl (C=O) groups is 1. The molecule has 0 spiro atoms. The van der Waals surface area contributed by atoms with E-state index in [1.54, 1.807) is 29.1 Å². The maximum absolute atomic E-state index is 13.7. The number of allylic oxidation sites excluding steroid dienone is 1. The van der Waals surface area contributed by atoms with Crippen LogP contribution in [0.4, 0.5) is 0 Å². The van der Waals surface area contributed by atoms with Gasteiger partial charge in [0, 0.05) is 53.7 Å². The Balaban J connectivity index is 1.12. The summed E-state index contributed by atoms with van der Waals surface area (Å²) in [4.78, 5) is 35.4. The summed E-state index contributed by atoms with van der Waals surface area (Å²) in [5, 5.41) is 9.45. The standard InChI is InChI=1S/C30H21Cl3N6O2/c31-16-2-6-25(38-13-26(32)36-37-38)22(9-16)23-11-27(41)39-29(20-10-21(20)30(39)35-23)24-8-15(12-34-24)19-4-1-14-7-17(40)3-5-18(14)28(19)33/h1-2,4,6,9,11-13,20-21,29H,3,5,7-8,10H2/t20-,21+,29-/m0/s1. The smallest absolute Gasteiger partial charge is 0.254 e. The highest BCUT2D eigenvalue weighted by atomic mass is 35.5. The summed E-state index contributed by atoms with van der Waals surface area (Å²) in [7, 11) is 0. The largest absolute Gasteiger partial charge is 0.299 e. The van der Waals surface area contributed by atoms with Crippen LogP contribution >= 0.6 is 34.8 Å². The molecule has 2 aliphatic heterocycles. The van der Waals surface area contributed by atoms with E-state index in [4.69, 9.17) is 44.8 Å². The van der Waals surface area contributed by atoms with Gasteiger partial charge in [0.2, 0.25) is 0 Å². The molecule has 0 bridgehead atoms. The van der Waals surface area contributed by atoms with Crippen LogP contribution in [-0.2, 0) is 17.6 Å². The minimum atomic E-state index is -0.139. The fraction of sp³-hybridized carbons (Fsp3) is 0.267. The molecule has 41 heavy (non-hydrogen) atoms. The van der Waals surface area contributed by atoms with Crippen LogP contribution < -0.4 is 5.56 Å². The van der Waals surface area contributed by atoms with Gasteiger partial charge >= 0.3 is 0 Å². The molecule has 2 aromatic heterocycles. The van der Waals surface area contributed by atoms with E-state index in [2.05, 4.69) is 10.3 Å². The van der Waals surface area contributed by atoms with E-state index >= 15 is 0 Å². The minimum Gasteiger partial charge on any atom is -0.299 e. The Kier molecular flexibility index (Phi) is 5.65. The average molecular weight is 604 g/mol. The zero-order valence-corrected chi connectivity index (χ0v) is 23.8. The maximum atomic E-state index is 13.7. The number of fused-ring (bicyclic) bond motifs is 4. The van der Waals surface area contributed by atoms with Gasteiger partial charge in [0.1, 0.15) is 11.6 Å². The summed E-state index contributed by atoms with van der Waals surface area (Å²) >= 11 is 19.2. The number of hydrogen-bond acceptors (Lipinski definition) is 6. The van der Waals surface area contributed by atoms with Crippen LogP contribution in [0.25, 0.3) is 22.5 Å². The van der Waals surface area contributed by atoms with Crippen molar-refractivity contribution in [2.45, 2.75) is 44.1 Å². The number of aromatic nitrogens is 5. The van der Waals surface area contributed by atoms with E-state index in [1.165, 1.54) is 0 Å². The summed E-state index contributed by atoms with van der Waals surface area (Å²) < 4.78 is 3.36. The second-order valence-corrected chi connectivity index (χ2v) is 12.2. The van der Waals surface area contributed by atoms with Gasteiger partial charge in [0.15, 0.2) is 5.15 Å². The number of benzene rings is 2. The third kappa shape index (κ3) is 4.03. The van der Waals surface area contributed by atoms with Crippen LogP contribution in [0.15, 0.2) is 58.6 Å². The Bertz CT molecular complexity index is 1940. The number of ketones is 1. The number of carbonyl (C=O) groups excluding carboxylic acids is 1. The molecule has 4 heterocycles. The van der Waals surface area contributed by atoms with E-state index in [-0.39, 0.29) is 34.4 Å². The summed E-state index contributed by atoms with van der Waals surface area (Å²) in [6, 6.07) is 10.8.